The van der Waals surface area contributed by atoms with Crippen molar-refractivity contribution in [3.63, 3.8) is 0 Å². The molecule has 4 nitrogen and oxygen atoms in total. The quantitative estimate of drug-likeness (QED) is 0.878. The zero-order valence-electron chi connectivity index (χ0n) is 15.4. The first-order chi connectivity index (χ1) is 12.8. The van der Waals surface area contributed by atoms with E-state index in [1.54, 1.807) is 11.1 Å². The molecule has 1 N–H and O–H groups in total. The van der Waals surface area contributed by atoms with Crippen LogP contribution in [0.2, 0.25) is 0 Å². The fourth-order valence-corrected chi connectivity index (χ4v) is 6.46. The Kier molecular flexibility index (Phi) is 3.49. The minimum atomic E-state index is 0.347. The molecule has 4 aliphatic heterocycles. The maximum atomic E-state index is 13.2. The van der Waals surface area contributed by atoms with Crippen LogP contribution in [0.4, 0.5) is 0 Å². The van der Waals surface area contributed by atoms with Crippen molar-refractivity contribution in [2.45, 2.75) is 37.8 Å². The number of carbonyl (C=O) groups excluding carboxylic acids is 1. The molecule has 138 valence electrons. The highest BCUT2D eigenvalue weighted by molar-refractivity contribution is 5.83. The molecule has 1 saturated carbocycles. The first-order valence-corrected chi connectivity index (χ1v) is 10.6. The smallest absolute Gasteiger partial charge is 0.226 e. The molecule has 26 heavy (non-hydrogen) atoms. The average Bonchev–Trinajstić information content (AvgIpc) is 3.02. The van der Waals surface area contributed by atoms with Crippen molar-refractivity contribution in [3.05, 3.63) is 35.4 Å². The molecule has 4 heteroatoms. The lowest BCUT2D eigenvalue weighted by atomic mass is 9.94. The predicted molar refractivity (Wildman–Crippen MR) is 101 cm³/mol. The van der Waals surface area contributed by atoms with E-state index in [1.165, 1.54) is 32.2 Å². The summed E-state index contributed by atoms with van der Waals surface area (Å²) in [4.78, 5) is 18.3. The third-order valence-electron chi connectivity index (χ3n) is 7.95. The van der Waals surface area contributed by atoms with Crippen molar-refractivity contribution >= 4 is 5.91 Å². The molecule has 2 aliphatic carbocycles. The monoisotopic (exact) mass is 351 g/mol. The number of benzene rings is 1. The van der Waals surface area contributed by atoms with Crippen LogP contribution in [0, 0.1) is 23.7 Å². The molecular formula is C22H29N3O. The van der Waals surface area contributed by atoms with Crippen LogP contribution in [-0.2, 0) is 17.6 Å². The molecule has 1 unspecified atom stereocenters. The fraction of sp³-hybridized carbons (Fsp3) is 0.682. The predicted octanol–water partition coefficient (Wildman–Crippen LogP) is 1.54. The van der Waals surface area contributed by atoms with Crippen LogP contribution in [0.1, 0.15) is 24.0 Å². The van der Waals surface area contributed by atoms with Crippen molar-refractivity contribution in [2.24, 2.45) is 23.7 Å². The van der Waals surface area contributed by atoms with Crippen LogP contribution in [0.15, 0.2) is 24.3 Å². The highest BCUT2D eigenvalue weighted by Crippen LogP contribution is 2.50. The van der Waals surface area contributed by atoms with Crippen molar-refractivity contribution in [3.8, 4) is 0 Å². The lowest BCUT2D eigenvalue weighted by molar-refractivity contribution is -0.137. The normalized spacial score (nSPS) is 38.9. The largest absolute Gasteiger partial charge is 0.338 e. The van der Waals surface area contributed by atoms with E-state index >= 15 is 0 Å². The van der Waals surface area contributed by atoms with Crippen molar-refractivity contribution in [2.75, 3.05) is 32.7 Å². The van der Waals surface area contributed by atoms with Crippen molar-refractivity contribution < 1.29 is 4.79 Å². The highest BCUT2D eigenvalue weighted by atomic mass is 16.2. The van der Waals surface area contributed by atoms with Gasteiger partial charge in [-0.2, -0.15) is 0 Å². The van der Waals surface area contributed by atoms with Gasteiger partial charge in [0, 0.05) is 37.6 Å². The number of fused-ring (bicyclic) bond motifs is 6. The van der Waals surface area contributed by atoms with Crippen LogP contribution in [0.3, 0.4) is 0 Å². The van der Waals surface area contributed by atoms with Crippen molar-refractivity contribution in [1.29, 1.82) is 0 Å². The third-order valence-corrected chi connectivity index (χ3v) is 7.95. The van der Waals surface area contributed by atoms with Gasteiger partial charge in [0.15, 0.2) is 0 Å². The van der Waals surface area contributed by atoms with Gasteiger partial charge in [-0.1, -0.05) is 24.3 Å². The summed E-state index contributed by atoms with van der Waals surface area (Å²) < 4.78 is 0. The van der Waals surface area contributed by atoms with Gasteiger partial charge in [0.1, 0.15) is 0 Å². The zero-order valence-corrected chi connectivity index (χ0v) is 15.4. The summed E-state index contributed by atoms with van der Waals surface area (Å²) in [7, 11) is 0. The molecule has 7 rings (SSSR count). The van der Waals surface area contributed by atoms with Gasteiger partial charge >= 0.3 is 0 Å². The van der Waals surface area contributed by atoms with Gasteiger partial charge in [-0.15, -0.1) is 0 Å². The molecule has 1 aromatic rings. The summed E-state index contributed by atoms with van der Waals surface area (Å²) in [6, 6.07) is 10.1. The Morgan fingerprint density at radius 3 is 2.38 bits per heavy atom. The van der Waals surface area contributed by atoms with E-state index in [0.29, 0.717) is 41.7 Å². The number of nitrogens with one attached hydrogen (secondary N) is 1. The molecule has 2 bridgehead atoms. The second-order valence-corrected chi connectivity index (χ2v) is 9.38. The van der Waals surface area contributed by atoms with Gasteiger partial charge in [0.2, 0.25) is 5.91 Å². The number of carbonyl (C=O) groups is 1. The second-order valence-electron chi connectivity index (χ2n) is 9.38. The minimum absolute atomic E-state index is 0.347. The first kappa shape index (κ1) is 15.6. The molecule has 6 aliphatic rings. The second kappa shape index (κ2) is 5.80. The van der Waals surface area contributed by atoms with Crippen LogP contribution >= 0.6 is 0 Å². The summed E-state index contributed by atoms with van der Waals surface area (Å²) in [5.41, 5.74) is 3.08. The Hall–Kier alpha value is -1.39. The number of rotatable bonds is 2. The third kappa shape index (κ3) is 2.38. The zero-order chi connectivity index (χ0) is 17.3. The molecule has 0 radical (unpaired) electrons. The molecule has 4 saturated heterocycles. The summed E-state index contributed by atoms with van der Waals surface area (Å²) in [5, 5.41) is 3.43. The summed E-state index contributed by atoms with van der Waals surface area (Å²) >= 11 is 0. The van der Waals surface area contributed by atoms with Crippen LogP contribution in [0.5, 0.6) is 0 Å². The first-order valence-electron chi connectivity index (χ1n) is 10.6. The molecule has 5 fully saturated rings. The maximum Gasteiger partial charge on any atom is 0.226 e. The summed E-state index contributed by atoms with van der Waals surface area (Å²) in [6.45, 7) is 5.44. The van der Waals surface area contributed by atoms with E-state index in [2.05, 4.69) is 39.4 Å². The average molecular weight is 351 g/mol. The maximum absolute atomic E-state index is 13.2. The van der Waals surface area contributed by atoms with E-state index in [9.17, 15) is 4.79 Å². The molecule has 1 aromatic carbocycles. The number of piperidine rings is 2. The number of hydrogen-bond acceptors (Lipinski definition) is 3. The van der Waals surface area contributed by atoms with Gasteiger partial charge in [0.05, 0.1) is 0 Å². The summed E-state index contributed by atoms with van der Waals surface area (Å²) in [5.74, 6) is 2.81. The Labute approximate surface area is 155 Å². The van der Waals surface area contributed by atoms with E-state index in [-0.39, 0.29) is 0 Å². The molecular weight excluding hydrogens is 322 g/mol. The van der Waals surface area contributed by atoms with Gasteiger partial charge in [-0.3, -0.25) is 9.69 Å². The lowest BCUT2D eigenvalue weighted by Gasteiger charge is -2.37. The van der Waals surface area contributed by atoms with Gasteiger partial charge in [0.25, 0.3) is 0 Å². The van der Waals surface area contributed by atoms with Crippen LogP contribution in [0.25, 0.3) is 0 Å². The van der Waals surface area contributed by atoms with E-state index < -0.39 is 0 Å². The van der Waals surface area contributed by atoms with Crippen molar-refractivity contribution in [1.82, 2.24) is 15.1 Å². The molecule has 4 heterocycles. The van der Waals surface area contributed by atoms with Crippen LogP contribution < -0.4 is 5.32 Å². The standard InChI is InChI=1S/C22H29N3O/c26-22(21-19-9-23-10-20(19)21)25-12-14-5-6-17(25)13-24(11-14)18-7-15-3-1-2-4-16(15)8-18/h1-4,14,17-21,23H,5-13H2/t14-,17+,19-,20+,21?/m1/s1. The van der Waals surface area contributed by atoms with Gasteiger partial charge in [-0.25, -0.2) is 0 Å². The van der Waals surface area contributed by atoms with Crippen LogP contribution in [-0.4, -0.2) is 60.5 Å². The topological polar surface area (TPSA) is 35.6 Å². The number of amides is 1. The highest BCUT2D eigenvalue weighted by Gasteiger charge is 2.59. The van der Waals surface area contributed by atoms with Gasteiger partial charge < -0.3 is 10.2 Å². The fourth-order valence-electron chi connectivity index (χ4n) is 6.46. The SMILES string of the molecule is O=C(C1[C@H]2CNC[C@@H]12)N1C[C@@H]2CC[C@H]1CN(C1Cc3ccccc3C1)C2. The lowest BCUT2D eigenvalue weighted by Crippen LogP contribution is -2.49. The number of nitrogens with zero attached hydrogens (tertiary/aromatic N) is 2. The Balaban J connectivity index is 1.18. The van der Waals surface area contributed by atoms with E-state index in [1.807, 2.05) is 0 Å². The molecule has 0 spiro atoms. The Morgan fingerprint density at radius 1 is 0.923 bits per heavy atom. The number of hydrogen-bond donors (Lipinski definition) is 1. The molecule has 1 amide bonds. The Morgan fingerprint density at radius 2 is 1.65 bits per heavy atom. The van der Waals surface area contributed by atoms with E-state index in [0.717, 1.165) is 26.2 Å². The Bertz CT molecular complexity index is 699. The van der Waals surface area contributed by atoms with E-state index in [4.69, 9.17) is 0 Å². The molecule has 0 aromatic heterocycles. The minimum Gasteiger partial charge on any atom is -0.338 e. The molecule has 5 atom stereocenters. The summed E-state index contributed by atoms with van der Waals surface area (Å²) in [6.07, 6.45) is 4.92. The van der Waals surface area contributed by atoms with Gasteiger partial charge in [-0.05, 0) is 67.7 Å².